The first-order chi connectivity index (χ1) is 6.83. The van der Waals surface area contributed by atoms with Crippen LogP contribution in [0.2, 0.25) is 0 Å². The van der Waals surface area contributed by atoms with Gasteiger partial charge in [0, 0.05) is 12.1 Å². The van der Waals surface area contributed by atoms with E-state index in [1.165, 1.54) is 0 Å². The van der Waals surface area contributed by atoms with Gasteiger partial charge in [-0.25, -0.2) is 9.37 Å². The van der Waals surface area contributed by atoms with Gasteiger partial charge >= 0.3 is 6.36 Å². The van der Waals surface area contributed by atoms with Crippen molar-refractivity contribution in [3.63, 3.8) is 0 Å². The Balaban J connectivity index is 3.11. The van der Waals surface area contributed by atoms with Crippen molar-refractivity contribution in [1.29, 1.82) is 0 Å². The normalized spacial score (nSPS) is 11.6. The number of nitrogens with two attached hydrogens (primary N) is 1. The smallest absolute Gasteiger partial charge is 0.387 e. The molecule has 84 valence electrons. The van der Waals surface area contributed by atoms with Gasteiger partial charge in [0.1, 0.15) is 4.60 Å². The van der Waals surface area contributed by atoms with Crippen LogP contribution in [0.25, 0.3) is 0 Å². The summed E-state index contributed by atoms with van der Waals surface area (Å²) in [6.07, 6.45) is -4.88. The fourth-order valence-electron chi connectivity index (χ4n) is 0.833. The molecule has 2 N–H and O–H groups in total. The summed E-state index contributed by atoms with van der Waals surface area (Å²) in [4.78, 5) is 3.25. The Morgan fingerprint density at radius 1 is 1.47 bits per heavy atom. The van der Waals surface area contributed by atoms with E-state index in [9.17, 15) is 17.6 Å². The van der Waals surface area contributed by atoms with E-state index in [0.29, 0.717) is 0 Å². The molecule has 0 saturated heterocycles. The maximum Gasteiger partial charge on any atom is 0.574 e. The summed E-state index contributed by atoms with van der Waals surface area (Å²) in [6.45, 7) is -0.303. The highest BCUT2D eigenvalue weighted by molar-refractivity contribution is 9.10. The lowest BCUT2D eigenvalue weighted by Gasteiger charge is -2.11. The van der Waals surface area contributed by atoms with Crippen molar-refractivity contribution in [1.82, 2.24) is 4.98 Å². The molecule has 8 heteroatoms. The third-order valence-electron chi connectivity index (χ3n) is 1.40. The Bertz CT molecular complexity index is 369. The van der Waals surface area contributed by atoms with Crippen molar-refractivity contribution in [3.05, 3.63) is 22.1 Å². The molecule has 1 heterocycles. The molecular weight excluding hydrogens is 284 g/mol. The maximum absolute atomic E-state index is 12.9. The predicted octanol–water partition coefficient (Wildman–Crippen LogP) is 2.34. The molecule has 0 bridgehead atoms. The average Bonchev–Trinajstić information content (AvgIpc) is 2.08. The van der Waals surface area contributed by atoms with Crippen LogP contribution in [0, 0.1) is 5.82 Å². The molecule has 0 fully saturated rings. The second-order valence-corrected chi connectivity index (χ2v) is 3.23. The van der Waals surface area contributed by atoms with Crippen LogP contribution >= 0.6 is 15.9 Å². The summed E-state index contributed by atoms with van der Waals surface area (Å²) in [5, 5.41) is 0. The van der Waals surface area contributed by atoms with Crippen molar-refractivity contribution in [2.24, 2.45) is 5.73 Å². The zero-order chi connectivity index (χ0) is 11.6. The lowest BCUT2D eigenvalue weighted by Crippen LogP contribution is -2.20. The number of hydrogen-bond donors (Lipinski definition) is 1. The second kappa shape index (κ2) is 4.31. The van der Waals surface area contributed by atoms with E-state index < -0.39 is 18.1 Å². The summed E-state index contributed by atoms with van der Waals surface area (Å²) in [5.41, 5.74) is 4.96. The third kappa shape index (κ3) is 3.31. The summed E-state index contributed by atoms with van der Waals surface area (Å²) >= 11 is 2.64. The van der Waals surface area contributed by atoms with Gasteiger partial charge in [-0.2, -0.15) is 0 Å². The minimum atomic E-state index is -4.88. The van der Waals surface area contributed by atoms with Crippen molar-refractivity contribution in [3.8, 4) is 5.88 Å². The van der Waals surface area contributed by atoms with Crippen LogP contribution in [0.5, 0.6) is 5.88 Å². The third-order valence-corrected chi connectivity index (χ3v) is 1.96. The van der Waals surface area contributed by atoms with E-state index >= 15 is 0 Å². The van der Waals surface area contributed by atoms with Crippen molar-refractivity contribution in [2.75, 3.05) is 0 Å². The monoisotopic (exact) mass is 288 g/mol. The molecule has 0 spiro atoms. The predicted molar refractivity (Wildman–Crippen MR) is 46.5 cm³/mol. The summed E-state index contributed by atoms with van der Waals surface area (Å²) in [7, 11) is 0. The van der Waals surface area contributed by atoms with E-state index in [4.69, 9.17) is 5.73 Å². The number of alkyl halides is 3. The molecule has 15 heavy (non-hydrogen) atoms. The van der Waals surface area contributed by atoms with E-state index in [2.05, 4.69) is 25.7 Å². The summed E-state index contributed by atoms with van der Waals surface area (Å²) < 4.78 is 51.7. The quantitative estimate of drug-likeness (QED) is 0.671. The van der Waals surface area contributed by atoms with Crippen molar-refractivity contribution in [2.45, 2.75) is 12.9 Å². The first-order valence-electron chi connectivity index (χ1n) is 3.64. The Morgan fingerprint density at radius 2 is 2.07 bits per heavy atom. The average molecular weight is 289 g/mol. The van der Waals surface area contributed by atoms with E-state index in [-0.39, 0.29) is 16.7 Å². The minimum Gasteiger partial charge on any atom is -0.387 e. The molecule has 0 aromatic carbocycles. The number of halogens is 5. The van der Waals surface area contributed by atoms with E-state index in [1.54, 1.807) is 0 Å². The highest BCUT2D eigenvalue weighted by Gasteiger charge is 2.33. The van der Waals surface area contributed by atoms with E-state index in [1.807, 2.05) is 0 Å². The lowest BCUT2D eigenvalue weighted by atomic mass is 10.3. The molecule has 1 aromatic heterocycles. The molecule has 0 aliphatic carbocycles. The number of rotatable bonds is 2. The molecule has 0 radical (unpaired) electrons. The Morgan fingerprint density at radius 3 is 2.53 bits per heavy atom. The van der Waals surface area contributed by atoms with Crippen LogP contribution in [-0.2, 0) is 6.54 Å². The molecule has 0 unspecified atom stereocenters. The zero-order valence-electron chi connectivity index (χ0n) is 7.11. The molecule has 0 saturated carbocycles. The maximum atomic E-state index is 12.9. The Hall–Kier alpha value is -0.890. The molecule has 0 amide bonds. The van der Waals surface area contributed by atoms with Crippen LogP contribution in [0.15, 0.2) is 10.7 Å². The molecule has 1 rings (SSSR count). The second-order valence-electron chi connectivity index (χ2n) is 2.48. The van der Waals surface area contributed by atoms with Crippen molar-refractivity contribution < 1.29 is 22.3 Å². The lowest BCUT2D eigenvalue weighted by molar-refractivity contribution is -0.276. The van der Waals surface area contributed by atoms with Crippen LogP contribution < -0.4 is 10.5 Å². The van der Waals surface area contributed by atoms with Crippen LogP contribution in [0.1, 0.15) is 5.56 Å². The fourth-order valence-corrected chi connectivity index (χ4v) is 1.11. The van der Waals surface area contributed by atoms with Gasteiger partial charge in [0.25, 0.3) is 0 Å². The van der Waals surface area contributed by atoms with Crippen molar-refractivity contribution >= 4 is 15.9 Å². The standard InChI is InChI=1S/C7H5BrF4N2O/c8-5-4(9)1-3(2-13)6(14-5)15-7(10,11)12/h1H,2,13H2. The van der Waals surface area contributed by atoms with Gasteiger partial charge < -0.3 is 10.5 Å². The molecule has 1 aromatic rings. The summed E-state index contributed by atoms with van der Waals surface area (Å²) in [6, 6.07) is 0.832. The number of ether oxygens (including phenoxy) is 1. The molecule has 3 nitrogen and oxygen atoms in total. The number of hydrogen-bond acceptors (Lipinski definition) is 3. The molecular formula is C7H5BrF4N2O. The van der Waals surface area contributed by atoms with Gasteiger partial charge in [0.2, 0.25) is 5.88 Å². The highest BCUT2D eigenvalue weighted by Crippen LogP contribution is 2.27. The number of aromatic nitrogens is 1. The van der Waals surface area contributed by atoms with Gasteiger partial charge in [-0.15, -0.1) is 13.2 Å². The highest BCUT2D eigenvalue weighted by atomic mass is 79.9. The Kier molecular flexibility index (Phi) is 3.50. The largest absolute Gasteiger partial charge is 0.574 e. The van der Waals surface area contributed by atoms with Gasteiger partial charge in [0.15, 0.2) is 5.82 Å². The van der Waals surface area contributed by atoms with Gasteiger partial charge in [-0.05, 0) is 22.0 Å². The molecule has 0 aliphatic rings. The molecule has 0 atom stereocenters. The van der Waals surface area contributed by atoms with Crippen LogP contribution in [-0.4, -0.2) is 11.3 Å². The van der Waals surface area contributed by atoms with Gasteiger partial charge in [-0.3, -0.25) is 0 Å². The van der Waals surface area contributed by atoms with Gasteiger partial charge in [-0.1, -0.05) is 0 Å². The van der Waals surface area contributed by atoms with Crippen LogP contribution in [0.3, 0.4) is 0 Å². The van der Waals surface area contributed by atoms with E-state index in [0.717, 1.165) is 6.07 Å². The zero-order valence-corrected chi connectivity index (χ0v) is 8.69. The minimum absolute atomic E-state index is 0.159. The first-order valence-corrected chi connectivity index (χ1v) is 4.43. The number of nitrogens with zero attached hydrogens (tertiary/aromatic N) is 1. The first kappa shape index (κ1) is 12.2. The molecule has 0 aliphatic heterocycles. The topological polar surface area (TPSA) is 48.1 Å². The van der Waals surface area contributed by atoms with Crippen LogP contribution in [0.4, 0.5) is 17.6 Å². The number of pyridine rings is 1. The van der Waals surface area contributed by atoms with Gasteiger partial charge in [0.05, 0.1) is 0 Å². The SMILES string of the molecule is NCc1cc(F)c(Br)nc1OC(F)(F)F. The fraction of sp³-hybridized carbons (Fsp3) is 0.286. The summed E-state index contributed by atoms with van der Waals surface area (Å²) in [5.74, 6) is -1.55. The Labute approximate surface area is 90.4 Å².